The van der Waals surface area contributed by atoms with Gasteiger partial charge in [0, 0.05) is 18.8 Å². The Kier molecular flexibility index (Phi) is 6.32. The van der Waals surface area contributed by atoms with E-state index in [1.165, 1.54) is 17.1 Å². The third-order valence-electron chi connectivity index (χ3n) is 5.39. The minimum absolute atomic E-state index is 0.0398. The number of hydrogen-bond acceptors (Lipinski definition) is 4. The van der Waals surface area contributed by atoms with Crippen LogP contribution in [-0.2, 0) is 14.8 Å². The molecule has 1 N–H and O–H groups in total. The van der Waals surface area contributed by atoms with Crippen LogP contribution in [-0.4, -0.2) is 55.8 Å². The van der Waals surface area contributed by atoms with Gasteiger partial charge in [0.2, 0.25) is 15.9 Å². The van der Waals surface area contributed by atoms with Crippen molar-refractivity contribution in [3.8, 4) is 0 Å². The molecule has 0 spiro atoms. The van der Waals surface area contributed by atoms with Crippen LogP contribution in [0, 0.1) is 0 Å². The van der Waals surface area contributed by atoms with Gasteiger partial charge in [-0.3, -0.25) is 9.69 Å². The number of anilines is 1. The number of likely N-dealkylation sites (tertiary alicyclic amines) is 1. The Bertz CT molecular complexity index is 704. The predicted molar refractivity (Wildman–Crippen MR) is 103 cm³/mol. The molecule has 0 aromatic heterocycles. The quantitative estimate of drug-likeness (QED) is 0.854. The molecule has 1 atom stereocenters. The van der Waals surface area contributed by atoms with E-state index < -0.39 is 10.0 Å². The van der Waals surface area contributed by atoms with Crippen molar-refractivity contribution in [1.82, 2.24) is 9.21 Å². The second-order valence-electron chi connectivity index (χ2n) is 7.25. The molecule has 2 aliphatic rings. The molecule has 1 aromatic carbocycles. The molecular formula is C19H29N3O3S. The van der Waals surface area contributed by atoms with Crippen LogP contribution in [0.5, 0.6) is 0 Å². The average Bonchev–Trinajstić information content (AvgIpc) is 3.06. The molecule has 2 saturated heterocycles. The first-order chi connectivity index (χ1) is 12.5. The molecule has 0 saturated carbocycles. The van der Waals surface area contributed by atoms with Crippen molar-refractivity contribution >= 4 is 21.6 Å². The van der Waals surface area contributed by atoms with Crippen LogP contribution in [0.4, 0.5) is 5.69 Å². The van der Waals surface area contributed by atoms with Crippen LogP contribution >= 0.6 is 0 Å². The molecule has 2 aliphatic heterocycles. The minimum Gasteiger partial charge on any atom is -0.325 e. The number of carbonyl (C=O) groups is 1. The normalized spacial score (nSPS) is 21.3. The number of nitrogens with zero attached hydrogens (tertiary/aromatic N) is 2. The van der Waals surface area contributed by atoms with E-state index in [9.17, 15) is 13.2 Å². The zero-order valence-electron chi connectivity index (χ0n) is 15.5. The van der Waals surface area contributed by atoms with Crippen molar-refractivity contribution < 1.29 is 13.2 Å². The van der Waals surface area contributed by atoms with E-state index in [1.54, 1.807) is 24.3 Å². The Morgan fingerprint density at radius 3 is 2.04 bits per heavy atom. The maximum Gasteiger partial charge on any atom is 0.243 e. The zero-order valence-corrected chi connectivity index (χ0v) is 16.3. The smallest absolute Gasteiger partial charge is 0.243 e. The van der Waals surface area contributed by atoms with Gasteiger partial charge in [0.15, 0.2) is 0 Å². The van der Waals surface area contributed by atoms with Gasteiger partial charge in [0.25, 0.3) is 0 Å². The number of carbonyl (C=O) groups excluding carboxylic acids is 1. The summed E-state index contributed by atoms with van der Waals surface area (Å²) in [6.45, 7) is 5.04. The number of rotatable bonds is 5. The summed E-state index contributed by atoms with van der Waals surface area (Å²) in [7, 11) is -3.41. The van der Waals surface area contributed by atoms with Crippen LogP contribution in [0.3, 0.4) is 0 Å². The van der Waals surface area contributed by atoms with E-state index in [-0.39, 0.29) is 16.8 Å². The molecule has 2 heterocycles. The Morgan fingerprint density at radius 1 is 0.923 bits per heavy atom. The molecule has 26 heavy (non-hydrogen) atoms. The molecular weight excluding hydrogens is 350 g/mol. The molecule has 2 fully saturated rings. The third-order valence-corrected chi connectivity index (χ3v) is 7.31. The molecule has 1 unspecified atom stereocenters. The van der Waals surface area contributed by atoms with E-state index in [4.69, 9.17) is 0 Å². The molecule has 6 nitrogen and oxygen atoms in total. The van der Waals surface area contributed by atoms with Crippen molar-refractivity contribution in [3.63, 3.8) is 0 Å². The third kappa shape index (κ3) is 4.45. The second-order valence-corrected chi connectivity index (χ2v) is 9.19. The Labute approximate surface area is 156 Å². The van der Waals surface area contributed by atoms with Crippen molar-refractivity contribution in [2.45, 2.75) is 56.4 Å². The van der Waals surface area contributed by atoms with Gasteiger partial charge in [0.1, 0.15) is 0 Å². The number of amides is 1. The summed E-state index contributed by atoms with van der Waals surface area (Å²) in [4.78, 5) is 15.1. The van der Waals surface area contributed by atoms with Gasteiger partial charge in [-0.25, -0.2) is 8.42 Å². The van der Waals surface area contributed by atoms with Gasteiger partial charge in [-0.1, -0.05) is 12.8 Å². The Balaban J connectivity index is 1.62. The highest BCUT2D eigenvalue weighted by Gasteiger charge is 2.27. The summed E-state index contributed by atoms with van der Waals surface area (Å²) in [5.74, 6) is -0.0398. The summed E-state index contributed by atoms with van der Waals surface area (Å²) in [6, 6.07) is 6.34. The number of nitrogens with one attached hydrogen (secondary N) is 1. The Morgan fingerprint density at radius 2 is 1.46 bits per heavy atom. The van der Waals surface area contributed by atoms with Crippen LogP contribution in [0.15, 0.2) is 29.2 Å². The number of sulfonamides is 1. The van der Waals surface area contributed by atoms with Crippen molar-refractivity contribution in [2.24, 2.45) is 0 Å². The first-order valence-corrected chi connectivity index (χ1v) is 11.1. The molecule has 0 radical (unpaired) electrons. The van der Waals surface area contributed by atoms with Gasteiger partial charge >= 0.3 is 0 Å². The first kappa shape index (κ1) is 19.3. The van der Waals surface area contributed by atoms with E-state index in [0.717, 1.165) is 38.8 Å². The number of hydrogen-bond donors (Lipinski definition) is 1. The van der Waals surface area contributed by atoms with Gasteiger partial charge in [-0.15, -0.1) is 0 Å². The average molecular weight is 380 g/mol. The van der Waals surface area contributed by atoms with Crippen molar-refractivity contribution in [3.05, 3.63) is 24.3 Å². The topological polar surface area (TPSA) is 69.7 Å². The minimum atomic E-state index is -3.41. The van der Waals surface area contributed by atoms with Gasteiger partial charge in [-0.05, 0) is 70.0 Å². The highest BCUT2D eigenvalue weighted by molar-refractivity contribution is 7.89. The van der Waals surface area contributed by atoms with Gasteiger partial charge in [0.05, 0.1) is 10.9 Å². The van der Waals surface area contributed by atoms with E-state index in [0.29, 0.717) is 18.8 Å². The SMILES string of the molecule is CC(C(=O)Nc1ccc(S(=O)(=O)N2CCCC2)cc1)N1CCCCCC1. The lowest BCUT2D eigenvalue weighted by atomic mass is 10.2. The van der Waals surface area contributed by atoms with Crippen LogP contribution in [0.1, 0.15) is 45.4 Å². The Hall–Kier alpha value is -1.44. The van der Waals surface area contributed by atoms with Crippen LogP contribution < -0.4 is 5.32 Å². The van der Waals surface area contributed by atoms with Crippen molar-refractivity contribution in [2.75, 3.05) is 31.5 Å². The first-order valence-electron chi connectivity index (χ1n) is 9.63. The molecule has 3 rings (SSSR count). The molecule has 144 valence electrons. The van der Waals surface area contributed by atoms with Crippen LogP contribution in [0.2, 0.25) is 0 Å². The molecule has 1 aromatic rings. The lowest BCUT2D eigenvalue weighted by Gasteiger charge is -2.26. The molecule has 0 aliphatic carbocycles. The zero-order chi connectivity index (χ0) is 18.6. The fourth-order valence-electron chi connectivity index (χ4n) is 3.68. The monoisotopic (exact) mass is 379 g/mol. The fourth-order valence-corrected chi connectivity index (χ4v) is 5.20. The largest absolute Gasteiger partial charge is 0.325 e. The highest BCUT2D eigenvalue weighted by Crippen LogP contribution is 2.22. The highest BCUT2D eigenvalue weighted by atomic mass is 32.2. The summed E-state index contributed by atoms with van der Waals surface area (Å²) in [5.41, 5.74) is 0.636. The summed E-state index contributed by atoms with van der Waals surface area (Å²) in [6.07, 6.45) is 6.58. The number of benzene rings is 1. The van der Waals surface area contributed by atoms with E-state index >= 15 is 0 Å². The molecule has 0 bridgehead atoms. The summed E-state index contributed by atoms with van der Waals surface area (Å²) < 4.78 is 26.6. The fraction of sp³-hybridized carbons (Fsp3) is 0.632. The lowest BCUT2D eigenvalue weighted by molar-refractivity contribution is -0.120. The summed E-state index contributed by atoms with van der Waals surface area (Å²) in [5, 5.41) is 2.92. The molecule has 7 heteroatoms. The summed E-state index contributed by atoms with van der Waals surface area (Å²) >= 11 is 0. The molecule has 1 amide bonds. The standard InChI is InChI=1S/C19H29N3O3S/c1-16(21-12-4-2-3-5-13-21)19(23)20-17-8-10-18(11-9-17)26(24,25)22-14-6-7-15-22/h8-11,16H,2-7,12-15H2,1H3,(H,20,23). The second kappa shape index (κ2) is 8.50. The predicted octanol–water partition coefficient (Wildman–Crippen LogP) is 2.67. The maximum atomic E-state index is 12.5. The van der Waals surface area contributed by atoms with Gasteiger partial charge < -0.3 is 5.32 Å². The van der Waals surface area contributed by atoms with Crippen molar-refractivity contribution in [1.29, 1.82) is 0 Å². The van der Waals surface area contributed by atoms with Gasteiger partial charge in [-0.2, -0.15) is 4.31 Å². The maximum absolute atomic E-state index is 12.5. The van der Waals surface area contributed by atoms with Crippen LogP contribution in [0.25, 0.3) is 0 Å². The van der Waals surface area contributed by atoms with E-state index in [1.807, 2.05) is 6.92 Å². The van der Waals surface area contributed by atoms with E-state index in [2.05, 4.69) is 10.2 Å². The lowest BCUT2D eigenvalue weighted by Crippen LogP contribution is -2.42.